The Labute approximate surface area is 121 Å². The highest BCUT2D eigenvalue weighted by atomic mass is 14.7. The molecular formula is C18H15N3. The lowest BCUT2D eigenvalue weighted by Gasteiger charge is -2.10. The highest BCUT2D eigenvalue weighted by Crippen LogP contribution is 2.32. The number of fused-ring (bicyclic) bond motifs is 8. The van der Waals surface area contributed by atoms with Crippen molar-refractivity contribution in [2.75, 3.05) is 0 Å². The first-order valence-electron chi connectivity index (χ1n) is 7.65. The third-order valence-electron chi connectivity index (χ3n) is 5.03. The van der Waals surface area contributed by atoms with E-state index in [-0.39, 0.29) is 0 Å². The summed E-state index contributed by atoms with van der Waals surface area (Å²) >= 11 is 0. The van der Waals surface area contributed by atoms with Gasteiger partial charge in [-0.25, -0.2) is 0 Å². The second-order valence-electron chi connectivity index (χ2n) is 6.07. The third-order valence-corrected chi connectivity index (χ3v) is 5.03. The van der Waals surface area contributed by atoms with Crippen molar-refractivity contribution in [1.29, 1.82) is 5.26 Å². The quantitative estimate of drug-likeness (QED) is 0.649. The zero-order valence-electron chi connectivity index (χ0n) is 11.7. The lowest BCUT2D eigenvalue weighted by Crippen LogP contribution is -2.23. The molecule has 0 saturated carbocycles. The number of nitriles is 1. The minimum Gasteiger partial charge on any atom is -0.358 e. The molecule has 2 aliphatic rings. The normalized spacial score (nSPS) is 16.3. The Morgan fingerprint density at radius 1 is 1.05 bits per heavy atom. The zero-order chi connectivity index (χ0) is 14.0. The summed E-state index contributed by atoms with van der Waals surface area (Å²) in [6, 6.07) is 2.32. The van der Waals surface area contributed by atoms with Crippen molar-refractivity contribution in [3.05, 3.63) is 33.6 Å². The predicted octanol–water partition coefficient (Wildman–Crippen LogP) is 2.36. The molecule has 2 heterocycles. The van der Waals surface area contributed by atoms with Crippen molar-refractivity contribution >= 4 is 33.8 Å². The molecule has 3 nitrogen and oxygen atoms in total. The molecule has 3 heteroatoms. The number of H-pyrrole nitrogens is 2. The molecule has 1 aromatic carbocycles. The summed E-state index contributed by atoms with van der Waals surface area (Å²) in [7, 11) is 0. The molecule has 0 radical (unpaired) electrons. The van der Waals surface area contributed by atoms with Gasteiger partial charge in [-0.15, -0.1) is 0 Å². The number of hydrogen-bond donors (Lipinski definition) is 2. The lowest BCUT2D eigenvalue weighted by molar-refractivity contribution is 0.680. The second-order valence-corrected chi connectivity index (χ2v) is 6.07. The highest BCUT2D eigenvalue weighted by Gasteiger charge is 2.21. The Bertz CT molecular complexity index is 1070. The Hall–Kier alpha value is -2.47. The van der Waals surface area contributed by atoms with Gasteiger partial charge in [0, 0.05) is 33.3 Å². The van der Waals surface area contributed by atoms with Crippen LogP contribution in [-0.4, -0.2) is 9.97 Å². The zero-order valence-corrected chi connectivity index (χ0v) is 11.7. The fraction of sp³-hybridized carbons (Fsp3) is 0.278. The summed E-state index contributed by atoms with van der Waals surface area (Å²) in [5.41, 5.74) is 4.86. The van der Waals surface area contributed by atoms with Gasteiger partial charge in [0.1, 0.15) is 11.8 Å². The van der Waals surface area contributed by atoms with Crippen molar-refractivity contribution in [3.63, 3.8) is 0 Å². The standard InChI is InChI=1S/C18H15N3/c19-8-15-16-10-5-3-6-11(10)18-17(13(16)9-20-15)12-4-1-2-7-14(12)21-18/h5-6,9,20-21H,1-4,7H2. The van der Waals surface area contributed by atoms with Crippen LogP contribution in [0.4, 0.5) is 0 Å². The molecule has 102 valence electrons. The second kappa shape index (κ2) is 3.79. The average Bonchev–Trinajstić information content (AvgIpc) is 3.21. The molecule has 0 atom stereocenters. The topological polar surface area (TPSA) is 55.4 Å². The average molecular weight is 273 g/mol. The van der Waals surface area contributed by atoms with Crippen LogP contribution in [-0.2, 0) is 12.8 Å². The van der Waals surface area contributed by atoms with Crippen molar-refractivity contribution in [2.45, 2.75) is 32.1 Å². The van der Waals surface area contributed by atoms with Crippen LogP contribution < -0.4 is 10.4 Å². The van der Waals surface area contributed by atoms with Gasteiger partial charge in [0.05, 0.1) is 5.52 Å². The number of nitrogens with zero attached hydrogens (tertiary/aromatic N) is 1. The summed E-state index contributed by atoms with van der Waals surface area (Å²) in [5, 5.41) is 15.6. The van der Waals surface area contributed by atoms with Gasteiger partial charge in [0.25, 0.3) is 0 Å². The van der Waals surface area contributed by atoms with E-state index >= 15 is 0 Å². The summed E-state index contributed by atoms with van der Waals surface area (Å²) in [6.07, 6.45) is 12.4. The van der Waals surface area contributed by atoms with E-state index in [9.17, 15) is 5.26 Å². The smallest absolute Gasteiger partial charge is 0.126 e. The SMILES string of the molecule is N#Cc1[nH]cc2c1c1c(c3[nH]c4c(c32)CCCC4)=CCC=1. The third kappa shape index (κ3) is 1.28. The fourth-order valence-electron chi connectivity index (χ4n) is 4.16. The summed E-state index contributed by atoms with van der Waals surface area (Å²) in [4.78, 5) is 6.86. The van der Waals surface area contributed by atoms with E-state index in [1.54, 1.807) is 0 Å². The van der Waals surface area contributed by atoms with E-state index in [1.807, 2.05) is 6.20 Å². The molecule has 2 aliphatic carbocycles. The predicted molar refractivity (Wildman–Crippen MR) is 84.3 cm³/mol. The molecule has 2 N–H and O–H groups in total. The van der Waals surface area contributed by atoms with E-state index in [0.717, 1.165) is 24.6 Å². The molecule has 5 rings (SSSR count). The molecule has 0 bridgehead atoms. The molecule has 0 aliphatic heterocycles. The van der Waals surface area contributed by atoms with Gasteiger partial charge in [0.2, 0.25) is 0 Å². The molecular weight excluding hydrogens is 258 g/mol. The molecule has 0 spiro atoms. The van der Waals surface area contributed by atoms with Crippen LogP contribution in [0.15, 0.2) is 6.20 Å². The molecule has 0 amide bonds. The van der Waals surface area contributed by atoms with Crippen molar-refractivity contribution in [1.82, 2.24) is 9.97 Å². The maximum Gasteiger partial charge on any atom is 0.126 e. The number of benzene rings is 1. The number of aryl methyl sites for hydroxylation is 2. The van der Waals surface area contributed by atoms with Crippen molar-refractivity contribution in [2.24, 2.45) is 0 Å². The first-order chi connectivity index (χ1) is 10.4. The van der Waals surface area contributed by atoms with Gasteiger partial charge < -0.3 is 9.97 Å². The first-order valence-corrected chi connectivity index (χ1v) is 7.65. The van der Waals surface area contributed by atoms with Gasteiger partial charge in [-0.05, 0) is 42.9 Å². The van der Waals surface area contributed by atoms with Crippen molar-refractivity contribution in [3.8, 4) is 6.07 Å². The molecule has 0 fully saturated rings. The monoisotopic (exact) mass is 273 g/mol. The van der Waals surface area contributed by atoms with E-state index in [2.05, 4.69) is 28.2 Å². The van der Waals surface area contributed by atoms with Crippen molar-refractivity contribution < 1.29 is 0 Å². The lowest BCUT2D eigenvalue weighted by atomic mass is 9.93. The number of nitrogens with one attached hydrogen (secondary N) is 2. The number of hydrogen-bond acceptors (Lipinski definition) is 1. The molecule has 0 unspecified atom stereocenters. The van der Waals surface area contributed by atoms with Crippen LogP contribution in [0.25, 0.3) is 33.8 Å². The van der Waals surface area contributed by atoms with E-state index in [0.29, 0.717) is 5.69 Å². The van der Waals surface area contributed by atoms with Crippen LogP contribution >= 0.6 is 0 Å². The van der Waals surface area contributed by atoms with Crippen LogP contribution in [0.1, 0.15) is 36.2 Å². The van der Waals surface area contributed by atoms with E-state index in [1.165, 1.54) is 50.8 Å². The molecule has 3 aromatic rings. The van der Waals surface area contributed by atoms with E-state index in [4.69, 9.17) is 0 Å². The Balaban J connectivity index is 2.13. The minimum atomic E-state index is 0.695. The fourth-order valence-corrected chi connectivity index (χ4v) is 4.16. The van der Waals surface area contributed by atoms with Gasteiger partial charge >= 0.3 is 0 Å². The molecule has 2 aromatic heterocycles. The number of aromatic nitrogens is 2. The van der Waals surface area contributed by atoms with Gasteiger partial charge in [0.15, 0.2) is 0 Å². The van der Waals surface area contributed by atoms with Crippen LogP contribution in [0.3, 0.4) is 0 Å². The summed E-state index contributed by atoms with van der Waals surface area (Å²) < 4.78 is 0. The minimum absolute atomic E-state index is 0.695. The summed E-state index contributed by atoms with van der Waals surface area (Å²) in [5.74, 6) is 0. The molecule has 21 heavy (non-hydrogen) atoms. The molecule has 0 saturated heterocycles. The number of aromatic amines is 2. The number of rotatable bonds is 0. The maximum atomic E-state index is 9.40. The Kier molecular flexibility index (Phi) is 2.03. The van der Waals surface area contributed by atoms with Gasteiger partial charge in [-0.1, -0.05) is 12.2 Å². The van der Waals surface area contributed by atoms with Gasteiger partial charge in [-0.3, -0.25) is 0 Å². The van der Waals surface area contributed by atoms with Gasteiger partial charge in [-0.2, -0.15) is 5.26 Å². The van der Waals surface area contributed by atoms with Crippen LogP contribution in [0.2, 0.25) is 0 Å². The highest BCUT2D eigenvalue weighted by molar-refractivity contribution is 6.11. The van der Waals surface area contributed by atoms with E-state index < -0.39 is 0 Å². The largest absolute Gasteiger partial charge is 0.358 e. The Morgan fingerprint density at radius 3 is 2.81 bits per heavy atom. The Morgan fingerprint density at radius 2 is 1.90 bits per heavy atom. The van der Waals surface area contributed by atoms with Crippen LogP contribution in [0, 0.1) is 11.3 Å². The first kappa shape index (κ1) is 11.2. The maximum absolute atomic E-state index is 9.40. The van der Waals surface area contributed by atoms with Crippen LogP contribution in [0.5, 0.6) is 0 Å². The summed E-state index contributed by atoms with van der Waals surface area (Å²) in [6.45, 7) is 0.